The van der Waals surface area contributed by atoms with Crippen LogP contribution in [-0.2, 0) is 9.47 Å². The third-order valence-electron chi connectivity index (χ3n) is 2.96. The lowest BCUT2D eigenvalue weighted by Crippen LogP contribution is -2.21. The van der Waals surface area contributed by atoms with E-state index in [9.17, 15) is 0 Å². The molecular weight excluding hydrogens is 282 g/mol. The minimum Gasteiger partial charge on any atom is -0.376 e. The van der Waals surface area contributed by atoms with Gasteiger partial charge in [-0.1, -0.05) is 28.1 Å². The first-order valence-corrected chi connectivity index (χ1v) is 6.77. The van der Waals surface area contributed by atoms with Gasteiger partial charge in [-0.15, -0.1) is 0 Å². The summed E-state index contributed by atoms with van der Waals surface area (Å²) in [6, 6.07) is 8.09. The van der Waals surface area contributed by atoms with Crippen LogP contribution < -0.4 is 5.73 Å². The van der Waals surface area contributed by atoms with Crippen molar-refractivity contribution in [2.24, 2.45) is 5.73 Å². The van der Waals surface area contributed by atoms with Gasteiger partial charge in [0.2, 0.25) is 0 Å². The molecule has 2 rings (SSSR count). The van der Waals surface area contributed by atoms with Crippen LogP contribution in [0.15, 0.2) is 28.7 Å². The van der Waals surface area contributed by atoms with Gasteiger partial charge in [-0.2, -0.15) is 0 Å². The minimum absolute atomic E-state index is 0.0349. The molecule has 0 aliphatic carbocycles. The summed E-state index contributed by atoms with van der Waals surface area (Å²) in [5.41, 5.74) is 6.87. The fourth-order valence-electron chi connectivity index (χ4n) is 1.98. The average molecular weight is 300 g/mol. The average Bonchev–Trinajstić information content (AvgIpc) is 2.85. The van der Waals surface area contributed by atoms with Gasteiger partial charge in [0.25, 0.3) is 0 Å². The normalized spacial score (nSPS) is 21.6. The SMILES string of the molecule is NCC(OCC1CCCO1)c1ccc(Br)cc1. The van der Waals surface area contributed by atoms with E-state index < -0.39 is 0 Å². The fourth-order valence-corrected chi connectivity index (χ4v) is 2.24. The Kier molecular flexibility index (Phi) is 4.98. The van der Waals surface area contributed by atoms with Crippen LogP contribution >= 0.6 is 15.9 Å². The molecule has 0 aromatic heterocycles. The Balaban J connectivity index is 1.89. The molecular formula is C13H18BrNO2. The van der Waals surface area contributed by atoms with Gasteiger partial charge in [-0.3, -0.25) is 0 Å². The summed E-state index contributed by atoms with van der Waals surface area (Å²) in [5, 5.41) is 0. The van der Waals surface area contributed by atoms with E-state index in [4.69, 9.17) is 15.2 Å². The highest BCUT2D eigenvalue weighted by atomic mass is 79.9. The first kappa shape index (κ1) is 13.0. The maximum absolute atomic E-state index is 5.84. The Labute approximate surface area is 110 Å². The zero-order valence-electron chi connectivity index (χ0n) is 9.77. The summed E-state index contributed by atoms with van der Waals surface area (Å²) in [6.45, 7) is 1.99. The Morgan fingerprint density at radius 3 is 2.76 bits per heavy atom. The standard InChI is InChI=1S/C13H18BrNO2/c14-11-5-3-10(4-6-11)13(8-15)17-9-12-2-1-7-16-12/h3-6,12-13H,1-2,7-9,15H2. The highest BCUT2D eigenvalue weighted by Crippen LogP contribution is 2.21. The maximum atomic E-state index is 5.84. The van der Waals surface area contributed by atoms with Crippen molar-refractivity contribution in [2.45, 2.75) is 25.0 Å². The lowest BCUT2D eigenvalue weighted by Gasteiger charge is -2.19. The number of halogens is 1. The van der Waals surface area contributed by atoms with Gasteiger partial charge in [-0.25, -0.2) is 0 Å². The molecule has 1 aromatic carbocycles. The number of benzene rings is 1. The summed E-state index contributed by atoms with van der Waals surface area (Å²) < 4.78 is 12.4. The van der Waals surface area contributed by atoms with Gasteiger partial charge >= 0.3 is 0 Å². The predicted molar refractivity (Wildman–Crippen MR) is 70.9 cm³/mol. The van der Waals surface area contributed by atoms with E-state index in [1.54, 1.807) is 0 Å². The molecule has 2 N–H and O–H groups in total. The summed E-state index contributed by atoms with van der Waals surface area (Å²) in [7, 11) is 0. The lowest BCUT2D eigenvalue weighted by molar-refractivity contribution is -0.0181. The summed E-state index contributed by atoms with van der Waals surface area (Å²) in [4.78, 5) is 0. The molecule has 0 bridgehead atoms. The number of rotatable bonds is 5. The van der Waals surface area contributed by atoms with E-state index in [1.807, 2.05) is 24.3 Å². The molecule has 1 heterocycles. The quantitative estimate of drug-likeness (QED) is 0.909. The Hall–Kier alpha value is -0.420. The highest BCUT2D eigenvalue weighted by molar-refractivity contribution is 9.10. The molecule has 1 aromatic rings. The minimum atomic E-state index is -0.0349. The molecule has 0 amide bonds. The lowest BCUT2D eigenvalue weighted by atomic mass is 10.1. The Bertz CT molecular complexity index is 336. The molecule has 2 atom stereocenters. The van der Waals surface area contributed by atoms with E-state index in [0.29, 0.717) is 13.2 Å². The van der Waals surface area contributed by atoms with Gasteiger partial charge in [0.1, 0.15) is 0 Å². The van der Waals surface area contributed by atoms with Crippen LogP contribution in [0.1, 0.15) is 24.5 Å². The first-order chi connectivity index (χ1) is 8.29. The molecule has 17 heavy (non-hydrogen) atoms. The van der Waals surface area contributed by atoms with E-state index in [1.165, 1.54) is 0 Å². The van der Waals surface area contributed by atoms with Crippen molar-refractivity contribution < 1.29 is 9.47 Å². The zero-order valence-corrected chi connectivity index (χ0v) is 11.4. The first-order valence-electron chi connectivity index (χ1n) is 5.98. The van der Waals surface area contributed by atoms with Gasteiger partial charge < -0.3 is 15.2 Å². The largest absolute Gasteiger partial charge is 0.376 e. The molecule has 0 radical (unpaired) electrons. The van der Waals surface area contributed by atoms with Crippen molar-refractivity contribution in [1.29, 1.82) is 0 Å². The van der Waals surface area contributed by atoms with Crippen molar-refractivity contribution in [3.05, 3.63) is 34.3 Å². The molecule has 4 heteroatoms. The van der Waals surface area contributed by atoms with Crippen LogP contribution in [0.3, 0.4) is 0 Å². The molecule has 2 unspecified atom stereocenters. The van der Waals surface area contributed by atoms with Gasteiger partial charge in [-0.05, 0) is 30.5 Å². The fraction of sp³-hybridized carbons (Fsp3) is 0.538. The van der Waals surface area contributed by atoms with Crippen molar-refractivity contribution in [1.82, 2.24) is 0 Å². The topological polar surface area (TPSA) is 44.5 Å². The van der Waals surface area contributed by atoms with Gasteiger partial charge in [0.05, 0.1) is 18.8 Å². The van der Waals surface area contributed by atoms with Crippen LogP contribution in [0.4, 0.5) is 0 Å². The number of hydrogen-bond acceptors (Lipinski definition) is 3. The van der Waals surface area contributed by atoms with Crippen LogP contribution in [0.5, 0.6) is 0 Å². The van der Waals surface area contributed by atoms with Gasteiger partial charge in [0.15, 0.2) is 0 Å². The third-order valence-corrected chi connectivity index (χ3v) is 3.49. The molecule has 1 saturated heterocycles. The van der Waals surface area contributed by atoms with Crippen molar-refractivity contribution in [3.8, 4) is 0 Å². The smallest absolute Gasteiger partial charge is 0.0948 e. The van der Waals surface area contributed by atoms with Crippen molar-refractivity contribution in [3.63, 3.8) is 0 Å². The summed E-state index contributed by atoms with van der Waals surface area (Å²) in [5.74, 6) is 0. The summed E-state index contributed by atoms with van der Waals surface area (Å²) >= 11 is 3.42. The molecule has 3 nitrogen and oxygen atoms in total. The van der Waals surface area contributed by atoms with Crippen molar-refractivity contribution >= 4 is 15.9 Å². The van der Waals surface area contributed by atoms with Gasteiger partial charge in [0, 0.05) is 17.6 Å². The maximum Gasteiger partial charge on any atom is 0.0948 e. The van der Waals surface area contributed by atoms with Crippen LogP contribution in [0.2, 0.25) is 0 Å². The molecule has 1 aliphatic heterocycles. The second kappa shape index (κ2) is 6.50. The molecule has 1 fully saturated rings. The van der Waals surface area contributed by atoms with E-state index in [-0.39, 0.29) is 12.2 Å². The van der Waals surface area contributed by atoms with Crippen molar-refractivity contribution in [2.75, 3.05) is 19.8 Å². The highest BCUT2D eigenvalue weighted by Gasteiger charge is 2.18. The second-order valence-corrected chi connectivity index (χ2v) is 5.16. The summed E-state index contributed by atoms with van der Waals surface area (Å²) in [6.07, 6.45) is 2.45. The number of hydrogen-bond donors (Lipinski definition) is 1. The molecule has 94 valence electrons. The molecule has 0 saturated carbocycles. The van der Waals surface area contributed by atoms with Crippen LogP contribution in [0.25, 0.3) is 0 Å². The Morgan fingerprint density at radius 1 is 1.41 bits per heavy atom. The molecule has 0 spiro atoms. The van der Waals surface area contributed by atoms with E-state index >= 15 is 0 Å². The third kappa shape index (κ3) is 3.78. The zero-order chi connectivity index (χ0) is 12.1. The monoisotopic (exact) mass is 299 g/mol. The number of nitrogens with two attached hydrogens (primary N) is 1. The predicted octanol–water partition coefficient (Wildman–Crippen LogP) is 2.64. The van der Waals surface area contributed by atoms with E-state index in [0.717, 1.165) is 29.5 Å². The molecule has 1 aliphatic rings. The number of ether oxygens (including phenoxy) is 2. The Morgan fingerprint density at radius 2 is 2.18 bits per heavy atom. The van der Waals surface area contributed by atoms with E-state index in [2.05, 4.69) is 15.9 Å². The van der Waals surface area contributed by atoms with Crippen LogP contribution in [-0.4, -0.2) is 25.9 Å². The van der Waals surface area contributed by atoms with Crippen LogP contribution in [0, 0.1) is 0 Å². The second-order valence-electron chi connectivity index (χ2n) is 4.24.